The molecule has 1 saturated heterocycles. The highest BCUT2D eigenvalue weighted by atomic mass is 19.4. The molecule has 44 heavy (non-hydrogen) atoms. The second-order valence-corrected chi connectivity index (χ2v) is 11.0. The summed E-state index contributed by atoms with van der Waals surface area (Å²) in [5.41, 5.74) is 0.493. The Hall–Kier alpha value is -4.38. The molecule has 232 valence electrons. The Bertz CT molecular complexity index is 1450. The summed E-state index contributed by atoms with van der Waals surface area (Å²) in [7, 11) is 0. The molecule has 0 bridgehead atoms. The van der Waals surface area contributed by atoms with Gasteiger partial charge >= 0.3 is 6.18 Å². The number of piperazine rings is 1. The van der Waals surface area contributed by atoms with Crippen LogP contribution in [0.15, 0.2) is 78.9 Å². The van der Waals surface area contributed by atoms with Crippen LogP contribution in [0.2, 0.25) is 0 Å². The predicted octanol–water partition coefficient (Wildman–Crippen LogP) is 4.12. The molecule has 1 atom stereocenters. The average molecular weight is 609 g/mol. The van der Waals surface area contributed by atoms with Gasteiger partial charge in [0, 0.05) is 38.3 Å². The molecule has 3 aromatic carbocycles. The van der Waals surface area contributed by atoms with Gasteiger partial charge in [-0.1, -0.05) is 48.5 Å². The minimum absolute atomic E-state index is 0.0200. The molecule has 2 aliphatic heterocycles. The van der Waals surface area contributed by atoms with Crippen LogP contribution in [0.1, 0.15) is 38.3 Å². The van der Waals surface area contributed by atoms with Crippen LogP contribution in [-0.4, -0.2) is 90.9 Å². The molecule has 1 N–H and O–H groups in total. The van der Waals surface area contributed by atoms with Crippen molar-refractivity contribution in [1.29, 1.82) is 0 Å². The SMILES string of the molecule is O=C1NCCN(CCCc2ccccc2)CC(=O)N2CCN(C(=O)c3ccccc3)C[C@H]2COc2ccc(C(F)(F)F)cc21. The fraction of sp³-hybridized carbons (Fsp3) is 0.364. The fourth-order valence-electron chi connectivity index (χ4n) is 5.60. The molecule has 0 unspecified atom stereocenters. The first-order chi connectivity index (χ1) is 21.2. The quantitative estimate of drug-likeness (QED) is 0.472. The number of rotatable bonds is 5. The molecule has 11 heteroatoms. The fourth-order valence-corrected chi connectivity index (χ4v) is 5.60. The van der Waals surface area contributed by atoms with E-state index < -0.39 is 23.7 Å². The molecular weight excluding hydrogens is 573 g/mol. The van der Waals surface area contributed by atoms with Crippen LogP contribution >= 0.6 is 0 Å². The van der Waals surface area contributed by atoms with Crippen molar-refractivity contribution in [3.8, 4) is 5.75 Å². The highest BCUT2D eigenvalue weighted by Gasteiger charge is 2.35. The predicted molar refractivity (Wildman–Crippen MR) is 158 cm³/mol. The summed E-state index contributed by atoms with van der Waals surface area (Å²) in [6, 6.07) is 21.0. The second-order valence-electron chi connectivity index (χ2n) is 11.0. The maximum Gasteiger partial charge on any atom is 0.416 e. The Morgan fingerprint density at radius 2 is 1.66 bits per heavy atom. The number of nitrogens with one attached hydrogen (secondary N) is 1. The van der Waals surface area contributed by atoms with Crippen molar-refractivity contribution >= 4 is 17.7 Å². The number of nitrogens with zero attached hydrogens (tertiary/aromatic N) is 3. The van der Waals surface area contributed by atoms with E-state index in [2.05, 4.69) is 5.32 Å². The van der Waals surface area contributed by atoms with Gasteiger partial charge in [-0.05, 0) is 55.3 Å². The van der Waals surface area contributed by atoms with Gasteiger partial charge in [0.15, 0.2) is 0 Å². The number of ether oxygens (including phenoxy) is 1. The number of hydrogen-bond donors (Lipinski definition) is 1. The van der Waals surface area contributed by atoms with Crippen LogP contribution < -0.4 is 10.1 Å². The summed E-state index contributed by atoms with van der Waals surface area (Å²) in [4.78, 5) is 45.4. The van der Waals surface area contributed by atoms with Crippen LogP contribution in [0.3, 0.4) is 0 Å². The zero-order valence-corrected chi connectivity index (χ0v) is 24.3. The van der Waals surface area contributed by atoms with Gasteiger partial charge in [0.05, 0.1) is 23.7 Å². The minimum Gasteiger partial charge on any atom is -0.491 e. The molecule has 0 saturated carbocycles. The van der Waals surface area contributed by atoms with Gasteiger partial charge in [-0.2, -0.15) is 13.2 Å². The third-order valence-corrected chi connectivity index (χ3v) is 7.95. The molecule has 3 aromatic rings. The highest BCUT2D eigenvalue weighted by Crippen LogP contribution is 2.33. The van der Waals surface area contributed by atoms with E-state index in [1.165, 1.54) is 5.56 Å². The van der Waals surface area contributed by atoms with E-state index in [9.17, 15) is 27.6 Å². The Labute approximate surface area is 254 Å². The second kappa shape index (κ2) is 13.9. The topological polar surface area (TPSA) is 82.2 Å². The zero-order chi connectivity index (χ0) is 31.1. The molecule has 8 nitrogen and oxygen atoms in total. The number of alkyl halides is 3. The first kappa shape index (κ1) is 31.1. The van der Waals surface area contributed by atoms with Crippen LogP contribution in [-0.2, 0) is 17.4 Å². The Kier molecular flexibility index (Phi) is 9.84. The smallest absolute Gasteiger partial charge is 0.416 e. The molecule has 2 aliphatic rings. The van der Waals surface area contributed by atoms with Crippen molar-refractivity contribution in [2.45, 2.75) is 25.1 Å². The van der Waals surface area contributed by atoms with Gasteiger partial charge in [-0.15, -0.1) is 0 Å². The Morgan fingerprint density at radius 3 is 2.39 bits per heavy atom. The first-order valence-corrected chi connectivity index (χ1v) is 14.7. The first-order valence-electron chi connectivity index (χ1n) is 14.7. The zero-order valence-electron chi connectivity index (χ0n) is 24.3. The van der Waals surface area contributed by atoms with Gasteiger partial charge in [0.2, 0.25) is 5.91 Å². The van der Waals surface area contributed by atoms with Crippen LogP contribution in [0, 0.1) is 0 Å². The van der Waals surface area contributed by atoms with E-state index >= 15 is 0 Å². The third-order valence-electron chi connectivity index (χ3n) is 7.95. The van der Waals surface area contributed by atoms with E-state index in [1.807, 2.05) is 41.3 Å². The normalized spacial score (nSPS) is 18.6. The number of benzene rings is 3. The minimum atomic E-state index is -4.64. The molecule has 1 fully saturated rings. The van der Waals surface area contributed by atoms with Crippen molar-refractivity contribution in [3.63, 3.8) is 0 Å². The summed E-state index contributed by atoms with van der Waals surface area (Å²) in [5, 5.41) is 2.71. The lowest BCUT2D eigenvalue weighted by Crippen LogP contribution is -2.60. The Morgan fingerprint density at radius 1 is 0.932 bits per heavy atom. The average Bonchev–Trinajstić information content (AvgIpc) is 3.03. The summed E-state index contributed by atoms with van der Waals surface area (Å²) in [6.45, 7) is 1.82. The van der Waals surface area contributed by atoms with E-state index in [1.54, 1.807) is 34.1 Å². The van der Waals surface area contributed by atoms with Crippen molar-refractivity contribution < 1.29 is 32.3 Å². The van der Waals surface area contributed by atoms with Gasteiger partial charge in [-0.3, -0.25) is 19.3 Å². The number of aryl methyl sites for hydroxylation is 1. The number of fused-ring (bicyclic) bond motifs is 2. The maximum atomic E-state index is 13.7. The van der Waals surface area contributed by atoms with Crippen molar-refractivity contribution in [1.82, 2.24) is 20.0 Å². The van der Waals surface area contributed by atoms with Crippen molar-refractivity contribution in [3.05, 3.63) is 101 Å². The van der Waals surface area contributed by atoms with Crippen LogP contribution in [0.4, 0.5) is 13.2 Å². The van der Waals surface area contributed by atoms with Gasteiger partial charge in [0.25, 0.3) is 11.8 Å². The number of hydrogen-bond acceptors (Lipinski definition) is 5. The maximum absolute atomic E-state index is 13.7. The van der Waals surface area contributed by atoms with Crippen molar-refractivity contribution in [2.75, 3.05) is 52.4 Å². The summed E-state index contributed by atoms with van der Waals surface area (Å²) < 4.78 is 46.6. The van der Waals surface area contributed by atoms with Crippen molar-refractivity contribution in [2.24, 2.45) is 0 Å². The molecule has 3 amide bonds. The molecule has 0 radical (unpaired) electrons. The number of amides is 3. The number of halogens is 3. The molecule has 2 heterocycles. The summed E-state index contributed by atoms with van der Waals surface area (Å²) >= 11 is 0. The molecule has 0 aromatic heterocycles. The van der Waals surface area contributed by atoms with Gasteiger partial charge in [-0.25, -0.2) is 0 Å². The number of carbonyl (C=O) groups excluding carboxylic acids is 3. The molecule has 5 rings (SSSR count). The lowest BCUT2D eigenvalue weighted by Gasteiger charge is -2.42. The molecule has 0 aliphatic carbocycles. The third kappa shape index (κ3) is 7.76. The number of carbonyl (C=O) groups is 3. The van der Waals surface area contributed by atoms with E-state index in [-0.39, 0.29) is 55.9 Å². The lowest BCUT2D eigenvalue weighted by molar-refractivity contribution is -0.138. The summed E-state index contributed by atoms with van der Waals surface area (Å²) in [5.74, 6) is -1.03. The van der Waals surface area contributed by atoms with Gasteiger partial charge < -0.3 is 19.9 Å². The molecular formula is C33H35F3N4O4. The summed E-state index contributed by atoms with van der Waals surface area (Å²) in [6.07, 6.45) is -3.06. The largest absolute Gasteiger partial charge is 0.491 e. The standard InChI is InChI=1S/C33H35F3N4O4/c34-33(35,36)26-13-14-29-28(20-26)31(42)37-15-17-38(16-7-10-24-8-3-1-4-9-24)22-30(41)40-19-18-39(21-27(40)23-44-29)32(43)25-11-5-2-6-12-25/h1-6,8-9,11-14,20,27H,7,10,15-19,21-23H2,(H,37,42)/t27-/m0/s1. The van der Waals surface area contributed by atoms with Crippen LogP contribution in [0.25, 0.3) is 0 Å². The highest BCUT2D eigenvalue weighted by molar-refractivity contribution is 5.97. The molecule has 0 spiro atoms. The van der Waals surface area contributed by atoms with Gasteiger partial charge in [0.1, 0.15) is 12.4 Å². The van der Waals surface area contributed by atoms with E-state index in [0.29, 0.717) is 25.2 Å². The lowest BCUT2D eigenvalue weighted by atomic mass is 10.1. The monoisotopic (exact) mass is 608 g/mol. The van der Waals surface area contributed by atoms with E-state index in [0.717, 1.165) is 31.0 Å². The van der Waals surface area contributed by atoms with Crippen LogP contribution in [0.5, 0.6) is 5.75 Å². The Balaban J connectivity index is 1.39. The van der Waals surface area contributed by atoms with E-state index in [4.69, 9.17) is 4.74 Å².